The summed E-state index contributed by atoms with van der Waals surface area (Å²) in [7, 11) is 0. The molecule has 0 bridgehead atoms. The van der Waals surface area contributed by atoms with Crippen LogP contribution in [0, 0.1) is 0 Å². The van der Waals surface area contributed by atoms with Crippen molar-refractivity contribution in [2.45, 2.75) is 232 Å². The number of hydrogen-bond acceptors (Lipinski definition) is 5. The van der Waals surface area contributed by atoms with Gasteiger partial charge in [-0.2, -0.15) is 0 Å². The predicted octanol–water partition coefficient (Wildman–Crippen LogP) is 11.6. The molecule has 0 radical (unpaired) electrons. The Bertz CT molecular complexity index is 782. The predicted molar refractivity (Wildman–Crippen MR) is 209 cm³/mol. The first kappa shape index (κ1) is 47.3. The lowest BCUT2D eigenvalue weighted by Crippen LogP contribution is -2.46. The van der Waals surface area contributed by atoms with Gasteiger partial charge >= 0.3 is 5.97 Å². The zero-order valence-corrected chi connectivity index (χ0v) is 32.6. The molecule has 0 spiro atoms. The van der Waals surface area contributed by atoms with Crippen LogP contribution in [-0.4, -0.2) is 46.9 Å². The second kappa shape index (κ2) is 37.6. The number of amides is 1. The standard InChI is InChI=1S/C43H81NO5/c1-4-7-10-13-16-18-20-21-22-24-27-30-33-36-43(48)49-39(34-31-28-25-15-12-9-6-3)37-42(47)44-40(38-45)41(46)35-32-29-26-23-19-17-14-11-8-5-2/h21-22,27,30,39-41,45-46H,4-20,23-26,28-29,31-38H2,1-3H3,(H,44,47)/b22-21-,30-27+. The highest BCUT2D eigenvalue weighted by atomic mass is 16.5. The van der Waals surface area contributed by atoms with E-state index >= 15 is 0 Å². The maximum Gasteiger partial charge on any atom is 0.306 e. The largest absolute Gasteiger partial charge is 0.462 e. The molecule has 0 saturated heterocycles. The molecule has 0 rings (SSSR count). The fourth-order valence-electron chi connectivity index (χ4n) is 6.31. The minimum absolute atomic E-state index is 0.0578. The number of aliphatic hydroxyl groups excluding tert-OH is 2. The van der Waals surface area contributed by atoms with Gasteiger partial charge in [0.15, 0.2) is 0 Å². The number of hydrogen-bond donors (Lipinski definition) is 3. The van der Waals surface area contributed by atoms with E-state index in [9.17, 15) is 19.8 Å². The van der Waals surface area contributed by atoms with Gasteiger partial charge in [-0.3, -0.25) is 9.59 Å². The van der Waals surface area contributed by atoms with Crippen molar-refractivity contribution in [3.63, 3.8) is 0 Å². The minimum Gasteiger partial charge on any atom is -0.462 e. The van der Waals surface area contributed by atoms with E-state index in [1.807, 2.05) is 6.08 Å². The summed E-state index contributed by atoms with van der Waals surface area (Å²) >= 11 is 0. The summed E-state index contributed by atoms with van der Waals surface area (Å²) in [5.74, 6) is -0.557. The van der Waals surface area contributed by atoms with Crippen molar-refractivity contribution in [3.8, 4) is 0 Å². The van der Waals surface area contributed by atoms with Crippen LogP contribution in [0.15, 0.2) is 24.3 Å². The van der Waals surface area contributed by atoms with Crippen molar-refractivity contribution in [3.05, 3.63) is 24.3 Å². The van der Waals surface area contributed by atoms with E-state index in [-0.39, 0.29) is 24.9 Å². The van der Waals surface area contributed by atoms with Crippen LogP contribution in [0.5, 0.6) is 0 Å². The summed E-state index contributed by atoms with van der Waals surface area (Å²) in [6.45, 7) is 6.39. The second-order valence-corrected chi connectivity index (χ2v) is 14.4. The molecule has 0 fully saturated rings. The van der Waals surface area contributed by atoms with Crippen LogP contribution in [0.2, 0.25) is 0 Å². The number of rotatable bonds is 37. The highest BCUT2D eigenvalue weighted by Crippen LogP contribution is 2.16. The molecule has 0 aliphatic rings. The fourth-order valence-corrected chi connectivity index (χ4v) is 6.31. The molecule has 3 unspecified atom stereocenters. The number of unbranched alkanes of at least 4 members (excludes halogenated alkanes) is 21. The number of carbonyl (C=O) groups excluding carboxylic acids is 2. The SMILES string of the molecule is CCCCCCCC/C=C\C/C=C/CCC(=O)OC(CCCCCCCCC)CC(=O)NC(CO)C(O)CCCCCCCCCCCC. The molecule has 49 heavy (non-hydrogen) atoms. The van der Waals surface area contributed by atoms with Gasteiger partial charge in [-0.25, -0.2) is 0 Å². The lowest BCUT2D eigenvalue weighted by atomic mass is 10.0. The summed E-state index contributed by atoms with van der Waals surface area (Å²) in [6.07, 6.45) is 39.7. The molecule has 0 saturated carbocycles. The Labute approximate surface area is 303 Å². The quantitative estimate of drug-likeness (QED) is 0.0342. The first-order valence-electron chi connectivity index (χ1n) is 21.1. The number of carbonyl (C=O) groups is 2. The molecule has 3 N–H and O–H groups in total. The van der Waals surface area contributed by atoms with E-state index in [2.05, 4.69) is 44.3 Å². The van der Waals surface area contributed by atoms with Gasteiger partial charge in [-0.1, -0.05) is 180 Å². The average molecular weight is 692 g/mol. The molecular weight excluding hydrogens is 610 g/mol. The Morgan fingerprint density at radius 1 is 0.592 bits per heavy atom. The Morgan fingerprint density at radius 3 is 1.55 bits per heavy atom. The number of aliphatic hydroxyl groups is 2. The third-order valence-electron chi connectivity index (χ3n) is 9.55. The van der Waals surface area contributed by atoms with E-state index in [4.69, 9.17) is 4.74 Å². The molecule has 0 aliphatic heterocycles. The number of nitrogens with one attached hydrogen (secondary N) is 1. The van der Waals surface area contributed by atoms with Crippen molar-refractivity contribution in [1.29, 1.82) is 0 Å². The van der Waals surface area contributed by atoms with Crippen molar-refractivity contribution in [2.24, 2.45) is 0 Å². The molecule has 0 aromatic rings. The lowest BCUT2D eigenvalue weighted by Gasteiger charge is -2.24. The van der Waals surface area contributed by atoms with Crippen LogP contribution in [0.3, 0.4) is 0 Å². The fraction of sp³-hybridized carbons (Fsp3) is 0.860. The Morgan fingerprint density at radius 2 is 1.04 bits per heavy atom. The lowest BCUT2D eigenvalue weighted by molar-refractivity contribution is -0.150. The van der Waals surface area contributed by atoms with Gasteiger partial charge in [-0.05, 0) is 44.9 Å². The van der Waals surface area contributed by atoms with Crippen LogP contribution in [-0.2, 0) is 14.3 Å². The van der Waals surface area contributed by atoms with Gasteiger partial charge in [0.05, 0.1) is 25.2 Å². The average Bonchev–Trinajstić information content (AvgIpc) is 3.09. The minimum atomic E-state index is -0.788. The Hall–Kier alpha value is -1.66. The molecule has 6 heteroatoms. The molecule has 3 atom stereocenters. The molecule has 6 nitrogen and oxygen atoms in total. The third kappa shape index (κ3) is 33.3. The van der Waals surface area contributed by atoms with Crippen LogP contribution >= 0.6 is 0 Å². The number of ether oxygens (including phenoxy) is 1. The van der Waals surface area contributed by atoms with Crippen molar-refractivity contribution in [1.82, 2.24) is 5.32 Å². The van der Waals surface area contributed by atoms with Gasteiger partial charge in [0.2, 0.25) is 5.91 Å². The van der Waals surface area contributed by atoms with Gasteiger partial charge in [0.1, 0.15) is 6.10 Å². The van der Waals surface area contributed by atoms with Gasteiger partial charge in [0.25, 0.3) is 0 Å². The van der Waals surface area contributed by atoms with Crippen LogP contribution < -0.4 is 5.32 Å². The highest BCUT2D eigenvalue weighted by molar-refractivity contribution is 5.77. The van der Waals surface area contributed by atoms with Crippen LogP contribution in [0.1, 0.15) is 213 Å². The topological polar surface area (TPSA) is 95.9 Å². The van der Waals surface area contributed by atoms with E-state index < -0.39 is 18.2 Å². The molecule has 0 aromatic heterocycles. The van der Waals surface area contributed by atoms with E-state index in [0.29, 0.717) is 25.7 Å². The normalized spacial score (nSPS) is 13.7. The zero-order chi connectivity index (χ0) is 36.0. The third-order valence-corrected chi connectivity index (χ3v) is 9.55. The highest BCUT2D eigenvalue weighted by Gasteiger charge is 2.23. The molecular formula is C43H81NO5. The van der Waals surface area contributed by atoms with Crippen molar-refractivity contribution >= 4 is 11.9 Å². The van der Waals surface area contributed by atoms with Gasteiger partial charge < -0.3 is 20.3 Å². The monoisotopic (exact) mass is 692 g/mol. The van der Waals surface area contributed by atoms with Crippen LogP contribution in [0.25, 0.3) is 0 Å². The molecule has 0 aliphatic carbocycles. The Balaban J connectivity index is 4.56. The van der Waals surface area contributed by atoms with E-state index in [1.165, 1.54) is 109 Å². The summed E-state index contributed by atoms with van der Waals surface area (Å²) in [6, 6.07) is -0.703. The summed E-state index contributed by atoms with van der Waals surface area (Å²) < 4.78 is 5.82. The smallest absolute Gasteiger partial charge is 0.306 e. The summed E-state index contributed by atoms with van der Waals surface area (Å²) in [5, 5.41) is 23.5. The maximum absolute atomic E-state index is 13.0. The second-order valence-electron chi connectivity index (χ2n) is 14.4. The first-order valence-corrected chi connectivity index (χ1v) is 21.1. The van der Waals surface area contributed by atoms with Gasteiger partial charge in [-0.15, -0.1) is 0 Å². The molecule has 1 amide bonds. The van der Waals surface area contributed by atoms with Crippen LogP contribution in [0.4, 0.5) is 0 Å². The van der Waals surface area contributed by atoms with Crippen molar-refractivity contribution in [2.75, 3.05) is 6.61 Å². The van der Waals surface area contributed by atoms with Gasteiger partial charge in [0, 0.05) is 6.42 Å². The number of esters is 1. The molecule has 0 aromatic carbocycles. The van der Waals surface area contributed by atoms with Crippen molar-refractivity contribution < 1.29 is 24.5 Å². The van der Waals surface area contributed by atoms with E-state index in [0.717, 1.165) is 51.4 Å². The molecule has 288 valence electrons. The Kier molecular flexibility index (Phi) is 36.3. The molecule has 0 heterocycles. The van der Waals surface area contributed by atoms with E-state index in [1.54, 1.807) is 0 Å². The first-order chi connectivity index (χ1) is 24.0. The zero-order valence-electron chi connectivity index (χ0n) is 32.6. The maximum atomic E-state index is 13.0. The summed E-state index contributed by atoms with van der Waals surface area (Å²) in [5.41, 5.74) is 0. The number of allylic oxidation sites excluding steroid dienone is 4. The summed E-state index contributed by atoms with van der Waals surface area (Å²) in [4.78, 5) is 25.7.